The zero-order valence-electron chi connectivity index (χ0n) is 13.7. The summed E-state index contributed by atoms with van der Waals surface area (Å²) in [6.07, 6.45) is 2.52. The molecule has 2 N–H and O–H groups in total. The van der Waals surface area contributed by atoms with E-state index in [1.165, 1.54) is 6.07 Å². The van der Waals surface area contributed by atoms with Gasteiger partial charge in [-0.1, -0.05) is 36.4 Å². The molecule has 128 valence electrons. The zero-order valence-corrected chi connectivity index (χ0v) is 13.7. The zero-order chi connectivity index (χ0) is 17.6. The molecule has 0 saturated carbocycles. The van der Waals surface area contributed by atoms with E-state index in [1.54, 1.807) is 6.20 Å². The molecule has 0 saturated heterocycles. The molecule has 1 unspecified atom stereocenters. The van der Waals surface area contributed by atoms with Crippen LogP contribution in [-0.2, 0) is 11.2 Å². The molecule has 25 heavy (non-hydrogen) atoms. The standard InChI is InChI=1S/C20H19FN2O2/c21-18-9-14(11-22-12-18)5-8-20(25)23-13-19(24)17-7-6-15-3-1-2-4-16(15)10-17/h1-4,6-7,9-12,19,24H,5,8,13H2,(H,23,25). The van der Waals surface area contributed by atoms with Crippen LogP contribution in [0.15, 0.2) is 60.9 Å². The van der Waals surface area contributed by atoms with E-state index in [0.29, 0.717) is 12.0 Å². The van der Waals surface area contributed by atoms with E-state index in [-0.39, 0.29) is 18.9 Å². The van der Waals surface area contributed by atoms with Gasteiger partial charge in [0.05, 0.1) is 12.3 Å². The number of nitrogens with one attached hydrogen (secondary N) is 1. The second-order valence-corrected chi connectivity index (χ2v) is 5.94. The molecule has 5 heteroatoms. The average molecular weight is 338 g/mol. The molecular weight excluding hydrogens is 319 g/mol. The van der Waals surface area contributed by atoms with Crippen molar-refractivity contribution in [2.75, 3.05) is 6.54 Å². The summed E-state index contributed by atoms with van der Waals surface area (Å²) in [5.41, 5.74) is 1.43. The molecule has 0 aliphatic rings. The van der Waals surface area contributed by atoms with Crippen molar-refractivity contribution < 1.29 is 14.3 Å². The van der Waals surface area contributed by atoms with Crippen LogP contribution in [0.3, 0.4) is 0 Å². The maximum absolute atomic E-state index is 13.0. The third-order valence-corrected chi connectivity index (χ3v) is 4.05. The van der Waals surface area contributed by atoms with Crippen molar-refractivity contribution >= 4 is 16.7 Å². The highest BCUT2D eigenvalue weighted by Crippen LogP contribution is 2.20. The molecule has 2 aromatic carbocycles. The summed E-state index contributed by atoms with van der Waals surface area (Å²) in [7, 11) is 0. The van der Waals surface area contributed by atoms with Crippen LogP contribution >= 0.6 is 0 Å². The second kappa shape index (κ2) is 7.85. The lowest BCUT2D eigenvalue weighted by Gasteiger charge is -2.13. The first-order chi connectivity index (χ1) is 12.1. The molecule has 0 radical (unpaired) electrons. The van der Waals surface area contributed by atoms with Crippen molar-refractivity contribution in [3.8, 4) is 0 Å². The maximum atomic E-state index is 13.0. The van der Waals surface area contributed by atoms with Crippen molar-refractivity contribution in [2.24, 2.45) is 0 Å². The van der Waals surface area contributed by atoms with Gasteiger partial charge in [-0.05, 0) is 40.5 Å². The van der Waals surface area contributed by atoms with Gasteiger partial charge in [0, 0.05) is 19.2 Å². The summed E-state index contributed by atoms with van der Waals surface area (Å²) in [6.45, 7) is 0.137. The summed E-state index contributed by atoms with van der Waals surface area (Å²) in [6, 6.07) is 15.0. The number of aliphatic hydroxyl groups excluding tert-OH is 1. The minimum atomic E-state index is -0.774. The SMILES string of the molecule is O=C(CCc1cncc(F)c1)NCC(O)c1ccc2ccccc2c1. The highest BCUT2D eigenvalue weighted by molar-refractivity contribution is 5.83. The van der Waals surface area contributed by atoms with Crippen molar-refractivity contribution in [3.63, 3.8) is 0 Å². The topological polar surface area (TPSA) is 62.2 Å². The van der Waals surface area contributed by atoms with Gasteiger partial charge in [0.2, 0.25) is 5.91 Å². The minimum Gasteiger partial charge on any atom is -0.387 e. The lowest BCUT2D eigenvalue weighted by Crippen LogP contribution is -2.28. The van der Waals surface area contributed by atoms with E-state index >= 15 is 0 Å². The monoisotopic (exact) mass is 338 g/mol. The van der Waals surface area contributed by atoms with Gasteiger partial charge in [0.25, 0.3) is 0 Å². The van der Waals surface area contributed by atoms with E-state index in [9.17, 15) is 14.3 Å². The number of fused-ring (bicyclic) bond motifs is 1. The normalized spacial score (nSPS) is 12.1. The van der Waals surface area contributed by atoms with Gasteiger partial charge in [-0.25, -0.2) is 4.39 Å². The first kappa shape index (κ1) is 17.0. The van der Waals surface area contributed by atoms with Gasteiger partial charge in [0.15, 0.2) is 0 Å². The fraction of sp³-hybridized carbons (Fsp3) is 0.200. The van der Waals surface area contributed by atoms with Gasteiger partial charge in [0.1, 0.15) is 5.82 Å². The van der Waals surface area contributed by atoms with Gasteiger partial charge >= 0.3 is 0 Å². The minimum absolute atomic E-state index is 0.137. The molecule has 1 atom stereocenters. The number of amides is 1. The van der Waals surface area contributed by atoms with Gasteiger partial charge < -0.3 is 10.4 Å². The van der Waals surface area contributed by atoms with E-state index < -0.39 is 11.9 Å². The van der Waals surface area contributed by atoms with Crippen LogP contribution in [0.5, 0.6) is 0 Å². The number of hydrogen-bond donors (Lipinski definition) is 2. The maximum Gasteiger partial charge on any atom is 0.220 e. The highest BCUT2D eigenvalue weighted by atomic mass is 19.1. The summed E-state index contributed by atoms with van der Waals surface area (Å²) < 4.78 is 13.0. The number of aromatic nitrogens is 1. The lowest BCUT2D eigenvalue weighted by atomic mass is 10.0. The number of rotatable bonds is 6. The van der Waals surface area contributed by atoms with Crippen molar-refractivity contribution in [2.45, 2.75) is 18.9 Å². The second-order valence-electron chi connectivity index (χ2n) is 5.94. The third kappa shape index (κ3) is 4.61. The number of hydrogen-bond acceptors (Lipinski definition) is 3. The summed E-state index contributed by atoms with van der Waals surface area (Å²) >= 11 is 0. The summed E-state index contributed by atoms with van der Waals surface area (Å²) in [5.74, 6) is -0.603. The first-order valence-electron chi connectivity index (χ1n) is 8.15. The predicted octanol–water partition coefficient (Wildman–Crippen LogP) is 3.16. The van der Waals surface area contributed by atoms with Crippen molar-refractivity contribution in [1.29, 1.82) is 0 Å². The van der Waals surface area contributed by atoms with Gasteiger partial charge in [-0.2, -0.15) is 0 Å². The number of aryl methyl sites for hydroxylation is 1. The highest BCUT2D eigenvalue weighted by Gasteiger charge is 2.10. The van der Waals surface area contributed by atoms with Crippen LogP contribution in [0.25, 0.3) is 10.8 Å². The molecule has 0 bridgehead atoms. The molecule has 1 aromatic heterocycles. The number of pyridine rings is 1. The molecule has 4 nitrogen and oxygen atoms in total. The third-order valence-electron chi connectivity index (χ3n) is 4.05. The van der Waals surface area contributed by atoms with E-state index in [1.807, 2.05) is 42.5 Å². The Bertz CT molecular complexity index is 882. The molecular formula is C20H19FN2O2. The number of benzene rings is 2. The molecule has 0 aliphatic carbocycles. The van der Waals surface area contributed by atoms with Crippen LogP contribution in [0.1, 0.15) is 23.7 Å². The Morgan fingerprint density at radius 1 is 1.12 bits per heavy atom. The number of carbonyl (C=O) groups is 1. The Labute approximate surface area is 145 Å². The van der Waals surface area contributed by atoms with E-state index in [4.69, 9.17) is 0 Å². The number of nitrogens with zero attached hydrogens (tertiary/aromatic N) is 1. The Kier molecular flexibility index (Phi) is 5.36. The number of carbonyl (C=O) groups excluding carboxylic acids is 1. The Balaban J connectivity index is 1.52. The fourth-order valence-corrected chi connectivity index (χ4v) is 2.68. The van der Waals surface area contributed by atoms with E-state index in [0.717, 1.165) is 22.5 Å². The number of aliphatic hydroxyl groups is 1. The molecule has 1 heterocycles. The smallest absolute Gasteiger partial charge is 0.220 e. The summed E-state index contributed by atoms with van der Waals surface area (Å²) in [5, 5.41) is 15.1. The summed E-state index contributed by atoms with van der Waals surface area (Å²) in [4.78, 5) is 15.7. The van der Waals surface area contributed by atoms with Crippen molar-refractivity contribution in [1.82, 2.24) is 10.3 Å². The average Bonchev–Trinajstić information content (AvgIpc) is 2.64. The fourth-order valence-electron chi connectivity index (χ4n) is 2.68. The Morgan fingerprint density at radius 3 is 2.72 bits per heavy atom. The van der Waals surface area contributed by atoms with Crippen molar-refractivity contribution in [3.05, 3.63) is 77.9 Å². The van der Waals surface area contributed by atoms with E-state index in [2.05, 4.69) is 10.3 Å². The first-order valence-corrected chi connectivity index (χ1v) is 8.15. The van der Waals surface area contributed by atoms with Crippen LogP contribution in [-0.4, -0.2) is 22.5 Å². The number of halogens is 1. The quantitative estimate of drug-likeness (QED) is 0.726. The molecule has 1 amide bonds. The van der Waals surface area contributed by atoms with Crippen LogP contribution in [0.4, 0.5) is 4.39 Å². The predicted molar refractivity (Wildman–Crippen MR) is 94.4 cm³/mol. The molecule has 0 fully saturated rings. The molecule has 0 spiro atoms. The van der Waals surface area contributed by atoms with Gasteiger partial charge in [-0.15, -0.1) is 0 Å². The van der Waals surface area contributed by atoms with Crippen LogP contribution in [0.2, 0.25) is 0 Å². The van der Waals surface area contributed by atoms with Crippen LogP contribution in [0, 0.1) is 5.82 Å². The Morgan fingerprint density at radius 2 is 1.92 bits per heavy atom. The van der Waals surface area contributed by atoms with Crippen LogP contribution < -0.4 is 5.32 Å². The lowest BCUT2D eigenvalue weighted by molar-refractivity contribution is -0.121. The molecule has 3 aromatic rings. The Hall–Kier alpha value is -2.79. The molecule has 3 rings (SSSR count). The largest absolute Gasteiger partial charge is 0.387 e. The molecule has 0 aliphatic heterocycles. The van der Waals surface area contributed by atoms with Gasteiger partial charge in [-0.3, -0.25) is 9.78 Å².